The van der Waals surface area contributed by atoms with Crippen LogP contribution in [0.5, 0.6) is 0 Å². The van der Waals surface area contributed by atoms with Gasteiger partial charge in [-0.15, -0.1) is 0 Å². The van der Waals surface area contributed by atoms with Gasteiger partial charge in [-0.3, -0.25) is 35.1 Å². The van der Waals surface area contributed by atoms with E-state index in [1.54, 1.807) is 6.92 Å². The molecule has 1 heterocycles. The number of piperidine rings is 1. The molecule has 0 bridgehead atoms. The van der Waals surface area contributed by atoms with Gasteiger partial charge in [0.15, 0.2) is 0 Å². The number of rotatable bonds is 4. The number of nitro groups is 2. The van der Waals surface area contributed by atoms with E-state index >= 15 is 0 Å². The van der Waals surface area contributed by atoms with Crippen LogP contribution in [0, 0.1) is 20.2 Å². The first kappa shape index (κ1) is 15.5. The number of hydrogen-bond donors (Lipinski definition) is 1. The van der Waals surface area contributed by atoms with Gasteiger partial charge in [-0.25, -0.2) is 0 Å². The number of carbonyl (C=O) groups excluding carboxylic acids is 2. The van der Waals surface area contributed by atoms with E-state index < -0.39 is 38.5 Å². The molecule has 0 aromatic heterocycles. The summed E-state index contributed by atoms with van der Waals surface area (Å²) in [6, 6.07) is 3.20. The van der Waals surface area contributed by atoms with E-state index in [1.807, 2.05) is 0 Å². The quantitative estimate of drug-likeness (QED) is 0.510. The Hall–Kier alpha value is -2.84. The van der Waals surface area contributed by atoms with E-state index in [0.717, 1.165) is 12.1 Å². The number of imide groups is 1. The normalized spacial score (nSPS) is 21.3. The van der Waals surface area contributed by atoms with E-state index in [4.69, 9.17) is 0 Å². The fraction of sp³-hybridized carbons (Fsp3) is 0.385. The molecule has 1 N–H and O–H groups in total. The molecule has 0 aliphatic carbocycles. The Bertz CT molecular complexity index is 686. The number of nitrogens with one attached hydrogen (secondary N) is 1. The highest BCUT2D eigenvalue weighted by atomic mass is 16.6. The molecule has 2 rings (SSSR count). The summed E-state index contributed by atoms with van der Waals surface area (Å²) in [7, 11) is 0. The lowest BCUT2D eigenvalue weighted by Crippen LogP contribution is -2.51. The SMILES string of the molecule is CCC1(c2ccc([N+](=O)[O-])cc2[N+](=O)[O-])CCC(=O)NC1=O. The molecule has 1 aromatic carbocycles. The topological polar surface area (TPSA) is 132 Å². The van der Waals surface area contributed by atoms with E-state index in [2.05, 4.69) is 5.32 Å². The van der Waals surface area contributed by atoms with Crippen LogP contribution < -0.4 is 5.32 Å². The van der Waals surface area contributed by atoms with Crippen molar-refractivity contribution in [3.05, 3.63) is 44.0 Å². The third-order valence-electron chi connectivity index (χ3n) is 3.97. The zero-order chi connectivity index (χ0) is 16.5. The molecule has 1 saturated heterocycles. The number of non-ortho nitro benzene ring substituents is 1. The van der Waals surface area contributed by atoms with Crippen molar-refractivity contribution in [3.63, 3.8) is 0 Å². The Balaban J connectivity index is 2.63. The third-order valence-corrected chi connectivity index (χ3v) is 3.97. The summed E-state index contributed by atoms with van der Waals surface area (Å²) in [5.74, 6) is -1.04. The number of hydrogen-bond acceptors (Lipinski definition) is 6. The molecule has 2 amide bonds. The van der Waals surface area contributed by atoms with Crippen LogP contribution in [0.2, 0.25) is 0 Å². The summed E-state index contributed by atoms with van der Waals surface area (Å²) in [5, 5.41) is 24.2. The lowest BCUT2D eigenvalue weighted by molar-refractivity contribution is -0.394. The Labute approximate surface area is 124 Å². The molecule has 1 aliphatic rings. The van der Waals surface area contributed by atoms with Gasteiger partial charge in [0.1, 0.15) is 0 Å². The minimum Gasteiger partial charge on any atom is -0.296 e. The van der Waals surface area contributed by atoms with Gasteiger partial charge in [0.2, 0.25) is 11.8 Å². The summed E-state index contributed by atoms with van der Waals surface area (Å²) in [6.45, 7) is 1.68. The number of nitro benzene ring substituents is 2. The van der Waals surface area contributed by atoms with Gasteiger partial charge >= 0.3 is 0 Å². The summed E-state index contributed by atoms with van der Waals surface area (Å²) in [6.07, 6.45) is 0.436. The van der Waals surface area contributed by atoms with Crippen LogP contribution in [-0.2, 0) is 15.0 Å². The molecule has 9 heteroatoms. The smallest absolute Gasteiger partial charge is 0.280 e. The predicted octanol–water partition coefficient (Wildman–Crippen LogP) is 1.59. The average molecular weight is 307 g/mol. The first-order valence-electron chi connectivity index (χ1n) is 6.59. The maximum Gasteiger partial charge on any atom is 0.280 e. The van der Waals surface area contributed by atoms with Crippen LogP contribution in [0.15, 0.2) is 18.2 Å². The minimum absolute atomic E-state index is 0.0632. The van der Waals surface area contributed by atoms with Crippen LogP contribution in [0.25, 0.3) is 0 Å². The lowest BCUT2D eigenvalue weighted by atomic mass is 9.71. The molecule has 1 fully saturated rings. The van der Waals surface area contributed by atoms with Crippen molar-refractivity contribution in [2.24, 2.45) is 0 Å². The van der Waals surface area contributed by atoms with Gasteiger partial charge in [0, 0.05) is 18.1 Å². The summed E-state index contributed by atoms with van der Waals surface area (Å²) in [4.78, 5) is 44.1. The first-order chi connectivity index (χ1) is 10.3. The highest BCUT2D eigenvalue weighted by molar-refractivity contribution is 6.04. The van der Waals surface area contributed by atoms with Crippen molar-refractivity contribution >= 4 is 23.2 Å². The molecule has 22 heavy (non-hydrogen) atoms. The van der Waals surface area contributed by atoms with Crippen molar-refractivity contribution in [2.75, 3.05) is 0 Å². The molecule has 9 nitrogen and oxygen atoms in total. The molecule has 0 spiro atoms. The largest absolute Gasteiger partial charge is 0.296 e. The van der Waals surface area contributed by atoms with Crippen molar-refractivity contribution in [1.29, 1.82) is 0 Å². The maximum atomic E-state index is 12.3. The number of carbonyl (C=O) groups is 2. The molecule has 0 radical (unpaired) electrons. The van der Waals surface area contributed by atoms with Gasteiger partial charge < -0.3 is 0 Å². The van der Waals surface area contributed by atoms with E-state index in [9.17, 15) is 29.8 Å². The summed E-state index contributed by atoms with van der Waals surface area (Å²) in [5.41, 5.74) is -2.05. The number of amides is 2. The molecule has 1 atom stereocenters. The Morgan fingerprint density at radius 3 is 2.41 bits per heavy atom. The molecule has 1 unspecified atom stereocenters. The minimum atomic E-state index is -1.23. The highest BCUT2D eigenvalue weighted by Gasteiger charge is 2.46. The summed E-state index contributed by atoms with van der Waals surface area (Å²) >= 11 is 0. The zero-order valence-corrected chi connectivity index (χ0v) is 11.7. The van der Waals surface area contributed by atoms with Gasteiger partial charge in [-0.05, 0) is 18.9 Å². The highest BCUT2D eigenvalue weighted by Crippen LogP contribution is 2.41. The van der Waals surface area contributed by atoms with Crippen molar-refractivity contribution < 1.29 is 19.4 Å². The van der Waals surface area contributed by atoms with Crippen LogP contribution in [0.3, 0.4) is 0 Å². The van der Waals surface area contributed by atoms with Crippen LogP contribution in [0.4, 0.5) is 11.4 Å². The fourth-order valence-corrected chi connectivity index (χ4v) is 2.72. The third kappa shape index (κ3) is 2.41. The van der Waals surface area contributed by atoms with E-state index in [-0.39, 0.29) is 24.8 Å². The van der Waals surface area contributed by atoms with Crippen molar-refractivity contribution in [2.45, 2.75) is 31.6 Å². The maximum absolute atomic E-state index is 12.3. The molecule has 116 valence electrons. The number of nitrogens with zero attached hydrogens (tertiary/aromatic N) is 2. The first-order valence-corrected chi connectivity index (χ1v) is 6.59. The molecule has 0 saturated carbocycles. The second-order valence-electron chi connectivity index (χ2n) is 5.03. The average Bonchev–Trinajstić information content (AvgIpc) is 2.47. The van der Waals surface area contributed by atoms with Gasteiger partial charge in [0.05, 0.1) is 21.3 Å². The van der Waals surface area contributed by atoms with Gasteiger partial charge in [-0.1, -0.05) is 6.92 Å². The van der Waals surface area contributed by atoms with E-state index in [0.29, 0.717) is 0 Å². The van der Waals surface area contributed by atoms with Crippen LogP contribution in [0.1, 0.15) is 31.7 Å². The van der Waals surface area contributed by atoms with Gasteiger partial charge in [-0.2, -0.15) is 0 Å². The van der Waals surface area contributed by atoms with Gasteiger partial charge in [0.25, 0.3) is 11.4 Å². The Morgan fingerprint density at radius 2 is 1.91 bits per heavy atom. The van der Waals surface area contributed by atoms with Crippen molar-refractivity contribution in [1.82, 2.24) is 5.32 Å². The van der Waals surface area contributed by atoms with Crippen LogP contribution >= 0.6 is 0 Å². The molecular weight excluding hydrogens is 294 g/mol. The summed E-state index contributed by atoms with van der Waals surface area (Å²) < 4.78 is 0. The second-order valence-corrected chi connectivity index (χ2v) is 5.03. The van der Waals surface area contributed by atoms with E-state index in [1.165, 1.54) is 6.07 Å². The van der Waals surface area contributed by atoms with Crippen molar-refractivity contribution in [3.8, 4) is 0 Å². The monoisotopic (exact) mass is 307 g/mol. The molecular formula is C13H13N3O6. The fourth-order valence-electron chi connectivity index (χ4n) is 2.72. The zero-order valence-electron chi connectivity index (χ0n) is 11.7. The molecule has 1 aromatic rings. The molecule has 1 aliphatic heterocycles. The predicted molar refractivity (Wildman–Crippen MR) is 74.1 cm³/mol. The lowest BCUT2D eigenvalue weighted by Gasteiger charge is -2.34. The Kier molecular flexibility index (Phi) is 3.89. The standard InChI is InChI=1S/C13H13N3O6/c1-2-13(6-5-11(17)14-12(13)18)9-4-3-8(15(19)20)7-10(9)16(21)22/h3-4,7H,2,5-6H2,1H3,(H,14,17,18). The number of benzene rings is 1. The van der Waals surface area contributed by atoms with Crippen LogP contribution in [-0.4, -0.2) is 21.7 Å². The Morgan fingerprint density at radius 1 is 1.23 bits per heavy atom. The second kappa shape index (κ2) is 5.51.